The van der Waals surface area contributed by atoms with Gasteiger partial charge in [0.25, 0.3) is 5.91 Å². The lowest BCUT2D eigenvalue weighted by Gasteiger charge is -2.30. The highest BCUT2D eigenvalue weighted by molar-refractivity contribution is 6.01. The van der Waals surface area contributed by atoms with Gasteiger partial charge >= 0.3 is 0 Å². The molecule has 0 radical (unpaired) electrons. The normalized spacial score (nSPS) is 14.2. The van der Waals surface area contributed by atoms with Crippen LogP contribution in [0.5, 0.6) is 11.5 Å². The van der Waals surface area contributed by atoms with Crippen molar-refractivity contribution in [3.8, 4) is 22.8 Å². The average Bonchev–Trinajstić information content (AvgIpc) is 3.23. The summed E-state index contributed by atoms with van der Waals surface area (Å²) in [5.41, 5.74) is 3.03. The fraction of sp³-hybridized carbons (Fsp3) is 0.304. The van der Waals surface area contributed by atoms with Crippen LogP contribution in [0.25, 0.3) is 11.3 Å². The number of aliphatic hydroxyl groups is 1. The van der Waals surface area contributed by atoms with Crippen LogP contribution < -0.4 is 9.47 Å². The van der Waals surface area contributed by atoms with Crippen molar-refractivity contribution in [1.29, 1.82) is 0 Å². The molecule has 3 aromatic rings. The Balaban J connectivity index is 1.70. The Labute approximate surface area is 179 Å². The second-order valence-corrected chi connectivity index (χ2v) is 7.41. The van der Waals surface area contributed by atoms with Crippen LogP contribution in [0.4, 0.5) is 4.39 Å². The third-order valence-corrected chi connectivity index (χ3v) is 5.43. The minimum atomic E-state index is -1.03. The van der Waals surface area contributed by atoms with E-state index < -0.39 is 11.9 Å². The van der Waals surface area contributed by atoms with Gasteiger partial charge in [-0.25, -0.2) is 4.39 Å². The molecule has 0 saturated heterocycles. The molecule has 8 heteroatoms. The zero-order valence-corrected chi connectivity index (χ0v) is 17.5. The number of halogens is 1. The lowest BCUT2D eigenvalue weighted by Crippen LogP contribution is -2.36. The average molecular weight is 426 g/mol. The Morgan fingerprint density at radius 1 is 1.16 bits per heavy atom. The number of amides is 1. The molecule has 4 rings (SSSR count). The summed E-state index contributed by atoms with van der Waals surface area (Å²) in [4.78, 5) is 15.2. The van der Waals surface area contributed by atoms with Crippen molar-refractivity contribution in [2.45, 2.75) is 26.0 Å². The van der Waals surface area contributed by atoms with E-state index >= 15 is 0 Å². The molecule has 1 amide bonds. The van der Waals surface area contributed by atoms with Crippen molar-refractivity contribution in [2.75, 3.05) is 20.8 Å². The van der Waals surface area contributed by atoms with Gasteiger partial charge in [0, 0.05) is 18.7 Å². The number of carbonyl (C=O) groups excluding carboxylic acids is 1. The van der Waals surface area contributed by atoms with E-state index in [1.54, 1.807) is 19.1 Å². The van der Waals surface area contributed by atoms with E-state index in [0.717, 1.165) is 11.1 Å². The molecule has 0 unspecified atom stereocenters. The number of ether oxygens (including phenoxy) is 2. The second-order valence-electron chi connectivity index (χ2n) is 7.41. The number of benzene rings is 2. The Morgan fingerprint density at radius 2 is 1.81 bits per heavy atom. The van der Waals surface area contributed by atoms with Gasteiger partial charge in [0.1, 0.15) is 23.2 Å². The van der Waals surface area contributed by atoms with E-state index in [1.165, 1.54) is 31.2 Å². The standard InChI is InChI=1S/C23H23FN2O5/c1-13(27)22-20(21(25-31-22)14-4-6-17(24)7-5-14)23(28)26-9-8-15-10-18(29-2)19(30-3)11-16(15)12-26/h4-7,10-11,13,27H,8-9,12H2,1-3H3/t13-/m0/s1. The van der Waals surface area contributed by atoms with E-state index in [9.17, 15) is 14.3 Å². The Bertz CT molecular complexity index is 1110. The summed E-state index contributed by atoms with van der Waals surface area (Å²) in [6.45, 7) is 2.35. The minimum absolute atomic E-state index is 0.0856. The number of aliphatic hydroxyl groups excluding tert-OH is 1. The maximum atomic E-state index is 13.5. The van der Waals surface area contributed by atoms with Crippen LogP contribution >= 0.6 is 0 Å². The summed E-state index contributed by atoms with van der Waals surface area (Å²) in [7, 11) is 3.15. The molecule has 0 spiro atoms. The van der Waals surface area contributed by atoms with Gasteiger partial charge in [-0.15, -0.1) is 0 Å². The SMILES string of the molecule is COc1cc2c(cc1OC)CN(C(=O)c1c(-c3ccc(F)cc3)noc1[C@H](C)O)CC2. The molecule has 7 nitrogen and oxygen atoms in total. The molecule has 2 aromatic carbocycles. The largest absolute Gasteiger partial charge is 0.493 e. The van der Waals surface area contributed by atoms with Crippen molar-refractivity contribution in [1.82, 2.24) is 10.1 Å². The number of methoxy groups -OCH3 is 2. The maximum absolute atomic E-state index is 13.5. The van der Waals surface area contributed by atoms with Crippen LogP contribution in [0, 0.1) is 5.82 Å². The molecular weight excluding hydrogens is 403 g/mol. The topological polar surface area (TPSA) is 85.0 Å². The first kappa shape index (κ1) is 20.9. The zero-order chi connectivity index (χ0) is 22.1. The third kappa shape index (κ3) is 3.86. The van der Waals surface area contributed by atoms with Crippen LogP contribution in [0.15, 0.2) is 40.9 Å². The minimum Gasteiger partial charge on any atom is -0.493 e. The zero-order valence-electron chi connectivity index (χ0n) is 17.5. The van der Waals surface area contributed by atoms with E-state index in [1.807, 2.05) is 12.1 Å². The maximum Gasteiger partial charge on any atom is 0.260 e. The molecule has 0 fully saturated rings. The summed E-state index contributed by atoms with van der Waals surface area (Å²) in [6, 6.07) is 9.43. The van der Waals surface area contributed by atoms with Gasteiger partial charge in [0.2, 0.25) is 0 Å². The Morgan fingerprint density at radius 3 is 2.42 bits per heavy atom. The highest BCUT2D eigenvalue weighted by Crippen LogP contribution is 2.35. The quantitative estimate of drug-likeness (QED) is 0.669. The molecule has 0 saturated carbocycles. The monoisotopic (exact) mass is 426 g/mol. The fourth-order valence-corrected chi connectivity index (χ4v) is 3.81. The molecule has 1 aromatic heterocycles. The van der Waals surface area contributed by atoms with Crippen LogP contribution in [0.1, 0.15) is 40.3 Å². The number of hydrogen-bond donors (Lipinski definition) is 1. The molecule has 1 aliphatic heterocycles. The Hall–Kier alpha value is -3.39. The first-order chi connectivity index (χ1) is 14.9. The van der Waals surface area contributed by atoms with Gasteiger partial charge in [-0.1, -0.05) is 5.16 Å². The molecule has 1 aliphatic rings. The number of fused-ring (bicyclic) bond motifs is 1. The molecule has 0 bridgehead atoms. The smallest absolute Gasteiger partial charge is 0.260 e. The van der Waals surface area contributed by atoms with Crippen molar-refractivity contribution in [3.63, 3.8) is 0 Å². The van der Waals surface area contributed by atoms with E-state index in [4.69, 9.17) is 14.0 Å². The van der Waals surface area contributed by atoms with Crippen molar-refractivity contribution in [3.05, 3.63) is 64.7 Å². The Kier molecular flexibility index (Phi) is 5.65. The lowest BCUT2D eigenvalue weighted by atomic mass is 9.97. The molecule has 0 aliphatic carbocycles. The lowest BCUT2D eigenvalue weighted by molar-refractivity contribution is 0.0723. The summed E-state index contributed by atoms with van der Waals surface area (Å²) >= 11 is 0. The molecule has 31 heavy (non-hydrogen) atoms. The second kappa shape index (κ2) is 8.39. The van der Waals surface area contributed by atoms with Gasteiger partial charge in [0.05, 0.1) is 14.2 Å². The molecule has 1 N–H and O–H groups in total. The van der Waals surface area contributed by atoms with Crippen LogP contribution in [-0.4, -0.2) is 41.8 Å². The predicted octanol–water partition coefficient (Wildman–Crippen LogP) is 3.75. The molecular formula is C23H23FN2O5. The van der Waals surface area contributed by atoms with E-state index in [2.05, 4.69) is 5.16 Å². The number of aromatic nitrogens is 1. The van der Waals surface area contributed by atoms with Crippen molar-refractivity contribution in [2.24, 2.45) is 0 Å². The number of hydrogen-bond acceptors (Lipinski definition) is 6. The van der Waals surface area contributed by atoms with Crippen LogP contribution in [-0.2, 0) is 13.0 Å². The number of nitrogens with zero attached hydrogens (tertiary/aromatic N) is 2. The highest BCUT2D eigenvalue weighted by Gasteiger charge is 2.32. The summed E-state index contributed by atoms with van der Waals surface area (Å²) in [6.07, 6.45) is -0.384. The predicted molar refractivity (Wildman–Crippen MR) is 111 cm³/mol. The number of rotatable bonds is 5. The van der Waals surface area contributed by atoms with Crippen LogP contribution in [0.2, 0.25) is 0 Å². The third-order valence-electron chi connectivity index (χ3n) is 5.43. The van der Waals surface area contributed by atoms with Crippen molar-refractivity contribution >= 4 is 5.91 Å². The molecule has 162 valence electrons. The first-order valence-corrected chi connectivity index (χ1v) is 9.89. The highest BCUT2D eigenvalue weighted by atomic mass is 19.1. The van der Waals surface area contributed by atoms with Gasteiger partial charge < -0.3 is 24.0 Å². The number of carbonyl (C=O) groups is 1. The summed E-state index contributed by atoms with van der Waals surface area (Å²) in [5.74, 6) is 0.625. The van der Waals surface area contributed by atoms with Crippen molar-refractivity contribution < 1.29 is 28.3 Å². The van der Waals surface area contributed by atoms with E-state index in [-0.39, 0.29) is 22.9 Å². The first-order valence-electron chi connectivity index (χ1n) is 9.89. The van der Waals surface area contributed by atoms with Gasteiger partial charge in [0.15, 0.2) is 17.3 Å². The summed E-state index contributed by atoms with van der Waals surface area (Å²) < 4.78 is 29.4. The van der Waals surface area contributed by atoms with Gasteiger partial charge in [-0.05, 0) is 60.9 Å². The van der Waals surface area contributed by atoms with Gasteiger partial charge in [-0.3, -0.25) is 4.79 Å². The van der Waals surface area contributed by atoms with E-state index in [0.29, 0.717) is 36.6 Å². The van der Waals surface area contributed by atoms with Gasteiger partial charge in [-0.2, -0.15) is 0 Å². The van der Waals surface area contributed by atoms with Crippen LogP contribution in [0.3, 0.4) is 0 Å². The molecule has 1 atom stereocenters. The fourth-order valence-electron chi connectivity index (χ4n) is 3.81. The molecule has 2 heterocycles. The summed E-state index contributed by atoms with van der Waals surface area (Å²) in [5, 5.41) is 14.2.